The number of ether oxygens (including phenoxy) is 2. The first kappa shape index (κ1) is 19.3. The second-order valence-corrected chi connectivity index (χ2v) is 7.08. The predicted molar refractivity (Wildman–Crippen MR) is 90.1 cm³/mol. The van der Waals surface area contributed by atoms with Crippen molar-refractivity contribution in [3.8, 4) is 5.75 Å². The normalized spacial score (nSPS) is 23.3. The third-order valence-corrected chi connectivity index (χ3v) is 5.27. The second-order valence-electron chi connectivity index (χ2n) is 7.08. The molecule has 1 aromatic rings. The van der Waals surface area contributed by atoms with Gasteiger partial charge in [-0.3, -0.25) is 19.7 Å². The molecule has 2 fully saturated rings. The van der Waals surface area contributed by atoms with Crippen molar-refractivity contribution in [2.24, 2.45) is 17.8 Å². The van der Waals surface area contributed by atoms with E-state index in [1.165, 1.54) is 43.5 Å². The Balaban J connectivity index is 1.39. The highest BCUT2D eigenvalue weighted by Gasteiger charge is 2.40. The highest BCUT2D eigenvalue weighted by Crippen LogP contribution is 2.49. The minimum atomic E-state index is -2.96. The smallest absolute Gasteiger partial charge is 0.387 e. The van der Waals surface area contributed by atoms with Gasteiger partial charge in [-0.25, -0.2) is 0 Å². The van der Waals surface area contributed by atoms with Crippen LogP contribution in [0.4, 0.5) is 8.78 Å². The van der Waals surface area contributed by atoms with Gasteiger partial charge in [0, 0.05) is 12.0 Å². The fourth-order valence-electron chi connectivity index (χ4n) is 4.07. The number of hydrogen-bond donors (Lipinski definition) is 1. The van der Waals surface area contributed by atoms with Gasteiger partial charge in [-0.1, -0.05) is 6.42 Å². The number of esters is 1. The number of rotatable bonds is 7. The monoisotopic (exact) mass is 381 g/mol. The van der Waals surface area contributed by atoms with Gasteiger partial charge in [-0.15, -0.1) is 0 Å². The molecular formula is C19H21F2NO5. The average Bonchev–Trinajstić information content (AvgIpc) is 3.23. The van der Waals surface area contributed by atoms with Crippen LogP contribution in [0.5, 0.6) is 5.75 Å². The number of hydrogen-bond acceptors (Lipinski definition) is 5. The number of carbonyl (C=O) groups excluding carboxylic acids is 3. The molecule has 2 bridgehead atoms. The van der Waals surface area contributed by atoms with E-state index in [-0.39, 0.29) is 11.3 Å². The van der Waals surface area contributed by atoms with Gasteiger partial charge in [0.15, 0.2) is 6.61 Å². The maximum Gasteiger partial charge on any atom is 0.387 e. The van der Waals surface area contributed by atoms with E-state index >= 15 is 0 Å². The van der Waals surface area contributed by atoms with Crippen LogP contribution >= 0.6 is 0 Å². The van der Waals surface area contributed by atoms with E-state index < -0.39 is 31.0 Å². The van der Waals surface area contributed by atoms with Crippen molar-refractivity contribution in [2.45, 2.75) is 38.7 Å². The molecule has 1 aromatic carbocycles. The zero-order chi connectivity index (χ0) is 19.4. The lowest BCUT2D eigenvalue weighted by Gasteiger charge is -2.20. The molecule has 2 amide bonds. The van der Waals surface area contributed by atoms with Gasteiger partial charge in [-0.05, 0) is 61.3 Å². The number of benzene rings is 1. The molecule has 0 aromatic heterocycles. The molecule has 0 aliphatic heterocycles. The predicted octanol–water partition coefficient (Wildman–Crippen LogP) is 2.91. The number of alkyl halides is 2. The molecule has 0 spiro atoms. The van der Waals surface area contributed by atoms with E-state index in [9.17, 15) is 23.2 Å². The Morgan fingerprint density at radius 2 is 1.85 bits per heavy atom. The standard InChI is InChI=1S/C19H21F2NO5/c20-19(21)27-15-5-3-12(4-6-15)18(25)22-16(23)10-26-17(24)9-14-8-11-1-2-13(14)7-11/h3-6,11,13-14,19H,1-2,7-10H2,(H,22,23,25)/t11-,13-,14-/m1/s1. The Labute approximate surface area is 155 Å². The highest BCUT2D eigenvalue weighted by atomic mass is 19.3. The molecule has 2 aliphatic rings. The van der Waals surface area contributed by atoms with E-state index in [4.69, 9.17) is 4.74 Å². The molecule has 2 saturated carbocycles. The first-order chi connectivity index (χ1) is 12.9. The lowest BCUT2D eigenvalue weighted by atomic mass is 9.86. The fourth-order valence-corrected chi connectivity index (χ4v) is 4.07. The molecule has 1 N–H and O–H groups in total. The van der Waals surface area contributed by atoms with Crippen LogP contribution in [0.25, 0.3) is 0 Å². The van der Waals surface area contributed by atoms with Gasteiger partial charge >= 0.3 is 12.6 Å². The van der Waals surface area contributed by atoms with Crippen LogP contribution in [-0.2, 0) is 14.3 Å². The Morgan fingerprint density at radius 3 is 2.44 bits per heavy atom. The highest BCUT2D eigenvalue weighted by molar-refractivity contribution is 6.05. The molecule has 6 nitrogen and oxygen atoms in total. The molecule has 0 heterocycles. The van der Waals surface area contributed by atoms with Gasteiger partial charge in [0.05, 0.1) is 0 Å². The summed E-state index contributed by atoms with van der Waals surface area (Å²) in [6.45, 7) is -3.49. The summed E-state index contributed by atoms with van der Waals surface area (Å²) in [4.78, 5) is 35.6. The average molecular weight is 381 g/mol. The summed E-state index contributed by atoms with van der Waals surface area (Å²) in [7, 11) is 0. The lowest BCUT2D eigenvalue weighted by Crippen LogP contribution is -2.34. The Hall–Kier alpha value is -2.51. The summed E-state index contributed by atoms with van der Waals surface area (Å²) in [5.41, 5.74) is 0.0956. The Kier molecular flexibility index (Phi) is 6.03. The minimum Gasteiger partial charge on any atom is -0.456 e. The van der Waals surface area contributed by atoms with Crippen molar-refractivity contribution >= 4 is 17.8 Å². The van der Waals surface area contributed by atoms with Gasteiger partial charge in [0.1, 0.15) is 5.75 Å². The van der Waals surface area contributed by atoms with Crippen molar-refractivity contribution in [1.29, 1.82) is 0 Å². The molecule has 146 valence electrons. The van der Waals surface area contributed by atoms with Crippen LogP contribution < -0.4 is 10.1 Å². The molecule has 27 heavy (non-hydrogen) atoms. The molecule has 0 unspecified atom stereocenters. The van der Waals surface area contributed by atoms with E-state index in [0.29, 0.717) is 18.3 Å². The number of imide groups is 1. The molecule has 2 aliphatic carbocycles. The Bertz CT molecular complexity index is 707. The largest absolute Gasteiger partial charge is 0.456 e. The van der Waals surface area contributed by atoms with Crippen molar-refractivity contribution in [1.82, 2.24) is 5.32 Å². The van der Waals surface area contributed by atoms with Crippen LogP contribution in [0.15, 0.2) is 24.3 Å². The number of halogens is 2. The molecule has 0 radical (unpaired) electrons. The van der Waals surface area contributed by atoms with Crippen LogP contribution in [0, 0.1) is 17.8 Å². The van der Waals surface area contributed by atoms with Crippen LogP contribution in [-0.4, -0.2) is 31.0 Å². The summed E-state index contributed by atoms with van der Waals surface area (Å²) in [6.07, 6.45) is 4.96. The van der Waals surface area contributed by atoms with Gasteiger partial charge in [-0.2, -0.15) is 8.78 Å². The zero-order valence-electron chi connectivity index (χ0n) is 14.7. The van der Waals surface area contributed by atoms with Crippen molar-refractivity contribution in [2.75, 3.05) is 6.61 Å². The number of fused-ring (bicyclic) bond motifs is 2. The third kappa shape index (κ3) is 5.24. The summed E-state index contributed by atoms with van der Waals surface area (Å²) in [5.74, 6) is -0.316. The molecular weight excluding hydrogens is 360 g/mol. The maximum absolute atomic E-state index is 12.1. The number of carbonyl (C=O) groups is 3. The number of nitrogens with one attached hydrogen (secondary N) is 1. The van der Waals surface area contributed by atoms with Crippen LogP contribution in [0.1, 0.15) is 42.5 Å². The fraction of sp³-hybridized carbons (Fsp3) is 0.526. The van der Waals surface area contributed by atoms with Gasteiger partial charge in [0.2, 0.25) is 0 Å². The SMILES string of the molecule is O=C(COC(=O)C[C@H]1C[C@@H]2CC[C@@H]1C2)NC(=O)c1ccc(OC(F)F)cc1. The summed E-state index contributed by atoms with van der Waals surface area (Å²) >= 11 is 0. The molecule has 3 atom stereocenters. The summed E-state index contributed by atoms with van der Waals surface area (Å²) < 4.78 is 33.3. The molecule has 0 saturated heterocycles. The summed E-state index contributed by atoms with van der Waals surface area (Å²) in [5, 5.41) is 2.09. The molecule has 8 heteroatoms. The quantitative estimate of drug-likeness (QED) is 0.735. The van der Waals surface area contributed by atoms with E-state index in [0.717, 1.165) is 12.3 Å². The van der Waals surface area contributed by atoms with Gasteiger partial charge < -0.3 is 9.47 Å². The van der Waals surface area contributed by atoms with Crippen molar-refractivity contribution in [3.05, 3.63) is 29.8 Å². The van der Waals surface area contributed by atoms with Gasteiger partial charge in [0.25, 0.3) is 11.8 Å². The summed E-state index contributed by atoms with van der Waals surface area (Å²) in [6, 6.07) is 4.89. The van der Waals surface area contributed by atoms with Crippen LogP contribution in [0.2, 0.25) is 0 Å². The topological polar surface area (TPSA) is 81.7 Å². The van der Waals surface area contributed by atoms with Crippen molar-refractivity contribution in [3.63, 3.8) is 0 Å². The first-order valence-corrected chi connectivity index (χ1v) is 8.95. The maximum atomic E-state index is 12.1. The minimum absolute atomic E-state index is 0.0950. The first-order valence-electron chi connectivity index (χ1n) is 8.95. The second kappa shape index (κ2) is 8.45. The number of amides is 2. The van der Waals surface area contributed by atoms with E-state index in [1.54, 1.807) is 0 Å². The lowest BCUT2D eigenvalue weighted by molar-refractivity contribution is -0.149. The van der Waals surface area contributed by atoms with Crippen molar-refractivity contribution < 1.29 is 32.6 Å². The Morgan fingerprint density at radius 1 is 1.11 bits per heavy atom. The van der Waals surface area contributed by atoms with E-state index in [2.05, 4.69) is 10.1 Å². The van der Waals surface area contributed by atoms with Crippen LogP contribution in [0.3, 0.4) is 0 Å². The molecule has 3 rings (SSSR count). The third-order valence-electron chi connectivity index (χ3n) is 5.27. The zero-order valence-corrected chi connectivity index (χ0v) is 14.7. The van der Waals surface area contributed by atoms with E-state index in [1.807, 2.05) is 0 Å².